The molecule has 0 N–H and O–H groups in total. The molecule has 2 heterocycles. The van der Waals surface area contributed by atoms with Gasteiger partial charge in [0.2, 0.25) is 0 Å². The Morgan fingerprint density at radius 2 is 1.00 bits per heavy atom. The summed E-state index contributed by atoms with van der Waals surface area (Å²) in [6.07, 6.45) is 0. The zero-order valence-corrected chi connectivity index (χ0v) is 24.4. The Morgan fingerprint density at radius 3 is 1.51 bits per heavy atom. The fourth-order valence-corrected chi connectivity index (χ4v) is 5.89. The number of aromatic nitrogens is 4. The molecule has 0 fully saturated rings. The van der Waals surface area contributed by atoms with Gasteiger partial charge in [-0.2, -0.15) is 15.8 Å². The molecular formula is C38H23N7. The van der Waals surface area contributed by atoms with E-state index in [0.29, 0.717) is 39.7 Å². The predicted molar refractivity (Wildman–Crippen MR) is 174 cm³/mol. The molecular weight excluding hydrogens is 554 g/mol. The van der Waals surface area contributed by atoms with E-state index in [4.69, 9.17) is 0 Å². The van der Waals surface area contributed by atoms with Gasteiger partial charge in [0.1, 0.15) is 11.6 Å². The highest BCUT2D eigenvalue weighted by Gasteiger charge is 2.20. The van der Waals surface area contributed by atoms with Crippen molar-refractivity contribution in [3.63, 3.8) is 0 Å². The maximum atomic E-state index is 9.84. The van der Waals surface area contributed by atoms with Crippen molar-refractivity contribution >= 4 is 21.8 Å². The van der Waals surface area contributed by atoms with Crippen LogP contribution in [0.2, 0.25) is 0 Å². The van der Waals surface area contributed by atoms with Gasteiger partial charge in [0.25, 0.3) is 0 Å². The average Bonchev–Trinajstić information content (AvgIpc) is 3.40. The van der Waals surface area contributed by atoms with Gasteiger partial charge in [0.05, 0.1) is 51.6 Å². The van der Waals surface area contributed by atoms with E-state index in [0.717, 1.165) is 49.7 Å². The minimum absolute atomic E-state index is 0.484. The molecule has 0 aliphatic heterocycles. The molecule has 0 bridgehead atoms. The second-order valence-corrected chi connectivity index (χ2v) is 10.8. The van der Waals surface area contributed by atoms with Gasteiger partial charge in [-0.1, -0.05) is 48.5 Å². The number of benzene rings is 5. The van der Waals surface area contributed by atoms with Crippen LogP contribution in [-0.2, 0) is 0 Å². The maximum absolute atomic E-state index is 9.84. The Balaban J connectivity index is 1.58. The van der Waals surface area contributed by atoms with Crippen LogP contribution in [0, 0.1) is 47.8 Å². The van der Waals surface area contributed by atoms with Crippen LogP contribution in [0.25, 0.3) is 61.1 Å². The molecule has 7 rings (SSSR count). The normalized spacial score (nSPS) is 10.8. The summed E-state index contributed by atoms with van der Waals surface area (Å²) in [6, 6.07) is 40.1. The molecule has 5 aromatic carbocycles. The number of rotatable bonds is 4. The van der Waals surface area contributed by atoms with Gasteiger partial charge in [-0.25, -0.2) is 15.0 Å². The van der Waals surface area contributed by atoms with Crippen LogP contribution in [0.15, 0.2) is 103 Å². The Bertz CT molecular complexity index is 2310. The molecule has 0 saturated carbocycles. The lowest BCUT2D eigenvalue weighted by atomic mass is 10.0. The van der Waals surface area contributed by atoms with E-state index in [1.165, 1.54) is 0 Å². The lowest BCUT2D eigenvalue weighted by Gasteiger charge is -2.15. The summed E-state index contributed by atoms with van der Waals surface area (Å²) in [5.41, 5.74) is 8.88. The van der Waals surface area contributed by atoms with Gasteiger partial charge >= 0.3 is 0 Å². The third-order valence-corrected chi connectivity index (χ3v) is 7.88. The molecule has 0 aliphatic rings. The van der Waals surface area contributed by atoms with E-state index >= 15 is 0 Å². The average molecular weight is 578 g/mol. The molecule has 2 aromatic heterocycles. The second kappa shape index (κ2) is 10.9. The highest BCUT2D eigenvalue weighted by molar-refractivity contribution is 6.11. The summed E-state index contributed by atoms with van der Waals surface area (Å²) in [4.78, 5) is 13.7. The van der Waals surface area contributed by atoms with Crippen molar-refractivity contribution in [3.05, 3.63) is 131 Å². The first-order valence-electron chi connectivity index (χ1n) is 14.3. The van der Waals surface area contributed by atoms with Crippen LogP contribution < -0.4 is 0 Å². The molecule has 0 unspecified atom stereocenters. The van der Waals surface area contributed by atoms with E-state index in [-0.39, 0.29) is 0 Å². The monoisotopic (exact) mass is 577 g/mol. The highest BCUT2D eigenvalue weighted by Crippen LogP contribution is 2.39. The zero-order chi connectivity index (χ0) is 31.1. The van der Waals surface area contributed by atoms with Gasteiger partial charge in [0, 0.05) is 16.3 Å². The van der Waals surface area contributed by atoms with Crippen molar-refractivity contribution in [1.82, 2.24) is 19.5 Å². The van der Waals surface area contributed by atoms with Gasteiger partial charge in [-0.05, 0) is 90.7 Å². The fraction of sp³-hybridized carbons (Fsp3) is 0.0526. The van der Waals surface area contributed by atoms with Crippen LogP contribution in [0.5, 0.6) is 0 Å². The van der Waals surface area contributed by atoms with Crippen LogP contribution in [0.4, 0.5) is 0 Å². The number of hydrogen-bond acceptors (Lipinski definition) is 6. The van der Waals surface area contributed by atoms with Crippen molar-refractivity contribution in [2.75, 3.05) is 0 Å². The minimum atomic E-state index is 0.484. The molecule has 7 nitrogen and oxygen atoms in total. The molecule has 7 aromatic rings. The molecule has 0 aliphatic carbocycles. The van der Waals surface area contributed by atoms with Crippen LogP contribution in [0.1, 0.15) is 28.3 Å². The van der Waals surface area contributed by atoms with Gasteiger partial charge in [-0.15, -0.1) is 0 Å². The van der Waals surface area contributed by atoms with E-state index in [1.54, 1.807) is 18.2 Å². The van der Waals surface area contributed by atoms with Crippen molar-refractivity contribution in [1.29, 1.82) is 15.8 Å². The highest BCUT2D eigenvalue weighted by atomic mass is 15.0. The predicted octanol–water partition coefficient (Wildman–Crippen LogP) is 8.20. The number of fused-ring (bicyclic) bond motifs is 3. The smallest absolute Gasteiger partial charge is 0.165 e. The van der Waals surface area contributed by atoms with Crippen LogP contribution in [-0.4, -0.2) is 19.5 Å². The maximum Gasteiger partial charge on any atom is 0.165 e. The molecule has 45 heavy (non-hydrogen) atoms. The van der Waals surface area contributed by atoms with Crippen LogP contribution in [0.3, 0.4) is 0 Å². The SMILES string of the molecule is Cc1nc(C)nc(-c2cc(C#N)ccc2-n2c3cc(-c4cccc(C#N)c4)ccc3c3ccc(-c4cccc(C#N)c4)cc32)n1. The molecule has 0 atom stereocenters. The number of aryl methyl sites for hydroxylation is 2. The molecule has 210 valence electrons. The molecule has 0 spiro atoms. The quantitative estimate of drug-likeness (QED) is 0.208. The Labute approximate surface area is 259 Å². The van der Waals surface area contributed by atoms with E-state index in [2.05, 4.69) is 74.1 Å². The first kappa shape index (κ1) is 27.2. The molecule has 0 radical (unpaired) electrons. The van der Waals surface area contributed by atoms with Gasteiger partial charge in [-0.3, -0.25) is 0 Å². The van der Waals surface area contributed by atoms with E-state index < -0.39 is 0 Å². The second-order valence-electron chi connectivity index (χ2n) is 10.8. The van der Waals surface area contributed by atoms with Crippen molar-refractivity contribution < 1.29 is 0 Å². The minimum Gasteiger partial charge on any atom is -0.308 e. The van der Waals surface area contributed by atoms with Gasteiger partial charge in [0.15, 0.2) is 5.82 Å². The first-order valence-corrected chi connectivity index (χ1v) is 14.3. The first-order chi connectivity index (χ1) is 21.9. The standard InChI is InChI=1S/C38H23N7/c1-23-42-24(2)44-38(43-23)34-17-27(22-41)9-14-35(34)45-36-18-30(28-7-3-5-25(15-28)20-39)10-12-32(36)33-13-11-31(19-37(33)45)29-8-4-6-26(16-29)21-40/h3-19H,1-2H3. The van der Waals surface area contributed by atoms with Gasteiger partial charge < -0.3 is 4.57 Å². The number of nitrogens with zero attached hydrogens (tertiary/aromatic N) is 7. The summed E-state index contributed by atoms with van der Waals surface area (Å²) < 4.78 is 2.19. The fourth-order valence-electron chi connectivity index (χ4n) is 5.89. The molecule has 0 saturated heterocycles. The Morgan fingerprint density at radius 1 is 0.511 bits per heavy atom. The molecule has 0 amide bonds. The van der Waals surface area contributed by atoms with Crippen molar-refractivity contribution in [3.8, 4) is 57.5 Å². The lowest BCUT2D eigenvalue weighted by molar-refractivity contribution is 0.926. The third kappa shape index (κ3) is 4.83. The summed E-state index contributed by atoms with van der Waals surface area (Å²) in [5, 5.41) is 31.0. The Hall–Kier alpha value is -6.62. The lowest BCUT2D eigenvalue weighted by Crippen LogP contribution is -2.04. The van der Waals surface area contributed by atoms with Crippen LogP contribution >= 0.6 is 0 Å². The summed E-state index contributed by atoms with van der Waals surface area (Å²) in [7, 11) is 0. The van der Waals surface area contributed by atoms with E-state index in [1.807, 2.05) is 62.4 Å². The number of hydrogen-bond donors (Lipinski definition) is 0. The zero-order valence-electron chi connectivity index (χ0n) is 24.4. The summed E-state index contributed by atoms with van der Waals surface area (Å²) >= 11 is 0. The summed E-state index contributed by atoms with van der Waals surface area (Å²) in [6.45, 7) is 3.66. The topological polar surface area (TPSA) is 115 Å². The largest absolute Gasteiger partial charge is 0.308 e. The van der Waals surface area contributed by atoms with Crippen molar-refractivity contribution in [2.45, 2.75) is 13.8 Å². The van der Waals surface area contributed by atoms with Crippen molar-refractivity contribution in [2.24, 2.45) is 0 Å². The Kier molecular flexibility index (Phi) is 6.59. The molecule has 7 heteroatoms. The summed E-state index contributed by atoms with van der Waals surface area (Å²) in [5.74, 6) is 1.66. The number of nitriles is 3. The van der Waals surface area contributed by atoms with E-state index in [9.17, 15) is 15.8 Å². The third-order valence-electron chi connectivity index (χ3n) is 7.88.